The fraction of sp³-hybridized carbons (Fsp3) is 0. The molecule has 0 aliphatic carbocycles. The van der Waals surface area contributed by atoms with Crippen molar-refractivity contribution < 1.29 is 0 Å². The topological polar surface area (TPSA) is 54.7 Å². The molecular formula is C13H11N3. The number of nitrogens with zero attached hydrogens (tertiary/aromatic N) is 1. The molecule has 3 aromatic rings. The Morgan fingerprint density at radius 2 is 1.81 bits per heavy atom. The molecule has 78 valence electrons. The summed E-state index contributed by atoms with van der Waals surface area (Å²) in [6.45, 7) is 0. The molecule has 3 rings (SSSR count). The lowest BCUT2D eigenvalue weighted by Crippen LogP contribution is -1.88. The quantitative estimate of drug-likeness (QED) is 0.605. The summed E-state index contributed by atoms with van der Waals surface area (Å²) >= 11 is 0. The zero-order valence-electron chi connectivity index (χ0n) is 8.64. The maximum atomic E-state index is 5.96. The lowest BCUT2D eigenvalue weighted by Gasteiger charge is -2.03. The molecule has 0 bridgehead atoms. The standard InChI is InChI=1S/C13H11N3/c14-11-6-10(9-4-2-1-3-5-9)7-12-13(11)16-8-15-12/h1-8H,14H2,(H,15,16). The van der Waals surface area contributed by atoms with Crippen molar-refractivity contribution >= 4 is 16.7 Å². The van der Waals surface area contributed by atoms with Gasteiger partial charge in [0.2, 0.25) is 0 Å². The third kappa shape index (κ3) is 1.34. The summed E-state index contributed by atoms with van der Waals surface area (Å²) in [4.78, 5) is 7.25. The van der Waals surface area contributed by atoms with Gasteiger partial charge in [-0.25, -0.2) is 4.98 Å². The van der Waals surface area contributed by atoms with Gasteiger partial charge in [-0.15, -0.1) is 0 Å². The summed E-state index contributed by atoms with van der Waals surface area (Å²) in [5, 5.41) is 0. The molecule has 0 spiro atoms. The summed E-state index contributed by atoms with van der Waals surface area (Å²) in [6.07, 6.45) is 1.66. The number of nitrogens with one attached hydrogen (secondary N) is 1. The van der Waals surface area contributed by atoms with Crippen LogP contribution in [0, 0.1) is 0 Å². The minimum Gasteiger partial charge on any atom is -0.397 e. The van der Waals surface area contributed by atoms with Crippen molar-refractivity contribution in [2.45, 2.75) is 0 Å². The Bertz CT molecular complexity index is 626. The van der Waals surface area contributed by atoms with Crippen molar-refractivity contribution in [3.63, 3.8) is 0 Å². The van der Waals surface area contributed by atoms with Gasteiger partial charge in [0.15, 0.2) is 0 Å². The van der Waals surface area contributed by atoms with E-state index in [0.717, 1.165) is 22.2 Å². The zero-order valence-corrected chi connectivity index (χ0v) is 8.64. The van der Waals surface area contributed by atoms with Crippen molar-refractivity contribution in [3.05, 3.63) is 48.8 Å². The molecule has 0 radical (unpaired) electrons. The minimum atomic E-state index is 0.706. The van der Waals surface area contributed by atoms with Crippen LogP contribution in [-0.4, -0.2) is 9.97 Å². The van der Waals surface area contributed by atoms with Gasteiger partial charge in [-0.05, 0) is 23.3 Å². The second-order valence-electron chi connectivity index (χ2n) is 3.73. The molecule has 0 amide bonds. The maximum absolute atomic E-state index is 5.96. The van der Waals surface area contributed by atoms with Crippen LogP contribution < -0.4 is 5.73 Å². The second-order valence-corrected chi connectivity index (χ2v) is 3.73. The van der Waals surface area contributed by atoms with Gasteiger partial charge in [-0.3, -0.25) is 0 Å². The van der Waals surface area contributed by atoms with Gasteiger partial charge in [0.1, 0.15) is 5.52 Å². The molecule has 0 fully saturated rings. The number of fused-ring (bicyclic) bond motifs is 1. The molecule has 1 heterocycles. The van der Waals surface area contributed by atoms with E-state index in [4.69, 9.17) is 5.73 Å². The van der Waals surface area contributed by atoms with E-state index in [1.807, 2.05) is 24.3 Å². The van der Waals surface area contributed by atoms with Crippen molar-refractivity contribution in [1.82, 2.24) is 9.97 Å². The lowest BCUT2D eigenvalue weighted by molar-refractivity contribution is 1.34. The third-order valence-electron chi connectivity index (χ3n) is 2.66. The SMILES string of the molecule is Nc1cc(-c2ccccc2)cc2[nH]cnc12. The number of aromatic amines is 1. The van der Waals surface area contributed by atoms with E-state index in [1.54, 1.807) is 6.33 Å². The minimum absolute atomic E-state index is 0.706. The fourth-order valence-electron chi connectivity index (χ4n) is 1.87. The van der Waals surface area contributed by atoms with Crippen molar-refractivity contribution in [3.8, 4) is 11.1 Å². The van der Waals surface area contributed by atoms with Gasteiger partial charge in [0, 0.05) is 0 Å². The van der Waals surface area contributed by atoms with Crippen LogP contribution >= 0.6 is 0 Å². The molecule has 0 saturated heterocycles. The molecule has 0 aliphatic heterocycles. The largest absolute Gasteiger partial charge is 0.397 e. The summed E-state index contributed by atoms with van der Waals surface area (Å²) in [5.74, 6) is 0. The van der Waals surface area contributed by atoms with Crippen LogP contribution in [0.5, 0.6) is 0 Å². The summed E-state index contributed by atoms with van der Waals surface area (Å²) in [6, 6.07) is 14.2. The van der Waals surface area contributed by atoms with E-state index in [0.29, 0.717) is 5.69 Å². The first kappa shape index (κ1) is 8.97. The van der Waals surface area contributed by atoms with Crippen LogP contribution in [0.4, 0.5) is 5.69 Å². The number of aromatic nitrogens is 2. The lowest BCUT2D eigenvalue weighted by atomic mass is 10.0. The summed E-state index contributed by atoms with van der Waals surface area (Å²) in [5.41, 5.74) is 10.7. The van der Waals surface area contributed by atoms with Gasteiger partial charge in [0.05, 0.1) is 17.5 Å². The van der Waals surface area contributed by atoms with Gasteiger partial charge in [0.25, 0.3) is 0 Å². The molecule has 1 aromatic heterocycles. The molecule has 2 aromatic carbocycles. The highest BCUT2D eigenvalue weighted by Crippen LogP contribution is 2.26. The van der Waals surface area contributed by atoms with E-state index in [2.05, 4.69) is 28.2 Å². The summed E-state index contributed by atoms with van der Waals surface area (Å²) in [7, 11) is 0. The number of anilines is 1. The van der Waals surface area contributed by atoms with Crippen LogP contribution in [0.15, 0.2) is 48.8 Å². The van der Waals surface area contributed by atoms with E-state index in [1.165, 1.54) is 0 Å². The number of hydrogen-bond donors (Lipinski definition) is 2. The van der Waals surface area contributed by atoms with Crippen molar-refractivity contribution in [1.29, 1.82) is 0 Å². The molecule has 3 nitrogen and oxygen atoms in total. The van der Waals surface area contributed by atoms with Crippen molar-refractivity contribution in [2.75, 3.05) is 5.73 Å². The van der Waals surface area contributed by atoms with Crippen molar-refractivity contribution in [2.24, 2.45) is 0 Å². The first-order valence-corrected chi connectivity index (χ1v) is 5.12. The van der Waals surface area contributed by atoms with E-state index < -0.39 is 0 Å². The first-order valence-electron chi connectivity index (χ1n) is 5.12. The second kappa shape index (κ2) is 3.38. The summed E-state index contributed by atoms with van der Waals surface area (Å²) < 4.78 is 0. The fourth-order valence-corrected chi connectivity index (χ4v) is 1.87. The molecular weight excluding hydrogens is 198 g/mol. The number of nitrogens with two attached hydrogens (primary N) is 1. The average Bonchev–Trinajstić information content (AvgIpc) is 2.79. The van der Waals surface area contributed by atoms with Crippen LogP contribution in [0.2, 0.25) is 0 Å². The first-order chi connectivity index (χ1) is 7.84. The van der Waals surface area contributed by atoms with Crippen LogP contribution in [0.25, 0.3) is 22.2 Å². The Hall–Kier alpha value is -2.29. The highest BCUT2D eigenvalue weighted by Gasteiger charge is 2.04. The predicted octanol–water partition coefficient (Wildman–Crippen LogP) is 2.81. The Morgan fingerprint density at radius 3 is 2.62 bits per heavy atom. The molecule has 16 heavy (non-hydrogen) atoms. The normalized spacial score (nSPS) is 10.8. The number of benzene rings is 2. The Labute approximate surface area is 92.9 Å². The molecule has 3 N–H and O–H groups in total. The number of imidazole rings is 1. The molecule has 0 saturated carbocycles. The van der Waals surface area contributed by atoms with E-state index in [-0.39, 0.29) is 0 Å². The highest BCUT2D eigenvalue weighted by molar-refractivity contribution is 5.91. The maximum Gasteiger partial charge on any atom is 0.111 e. The smallest absolute Gasteiger partial charge is 0.111 e. The molecule has 0 atom stereocenters. The van der Waals surface area contributed by atoms with Crippen LogP contribution in [-0.2, 0) is 0 Å². The molecule has 0 unspecified atom stereocenters. The molecule has 0 aliphatic rings. The Morgan fingerprint density at radius 1 is 1.00 bits per heavy atom. The van der Waals surface area contributed by atoms with Crippen LogP contribution in [0.1, 0.15) is 0 Å². The molecule has 3 heteroatoms. The number of rotatable bonds is 1. The average molecular weight is 209 g/mol. The van der Waals surface area contributed by atoms with E-state index in [9.17, 15) is 0 Å². The van der Waals surface area contributed by atoms with Gasteiger partial charge in [-0.2, -0.15) is 0 Å². The number of nitrogen functional groups attached to an aromatic ring is 1. The Balaban J connectivity index is 2.25. The zero-order chi connectivity index (χ0) is 11.0. The van der Waals surface area contributed by atoms with Gasteiger partial charge >= 0.3 is 0 Å². The Kier molecular flexibility index (Phi) is 1.90. The van der Waals surface area contributed by atoms with E-state index >= 15 is 0 Å². The van der Waals surface area contributed by atoms with Gasteiger partial charge < -0.3 is 10.7 Å². The van der Waals surface area contributed by atoms with Gasteiger partial charge in [-0.1, -0.05) is 30.3 Å². The van der Waals surface area contributed by atoms with Crippen LogP contribution in [0.3, 0.4) is 0 Å². The number of H-pyrrole nitrogens is 1. The third-order valence-corrected chi connectivity index (χ3v) is 2.66. The highest BCUT2D eigenvalue weighted by atomic mass is 14.9. The monoisotopic (exact) mass is 209 g/mol. The number of hydrogen-bond acceptors (Lipinski definition) is 2. The predicted molar refractivity (Wildman–Crippen MR) is 65.9 cm³/mol.